The van der Waals surface area contributed by atoms with E-state index in [1.54, 1.807) is 0 Å². The van der Waals surface area contributed by atoms with Gasteiger partial charge in [-0.15, -0.1) is 0 Å². The molecule has 0 radical (unpaired) electrons. The number of rotatable bonds is 3. The first kappa shape index (κ1) is 19.1. The van der Waals surface area contributed by atoms with E-state index in [4.69, 9.17) is 0 Å². The van der Waals surface area contributed by atoms with Crippen LogP contribution in [0.15, 0.2) is 91.0 Å². The molecule has 2 fully saturated rings. The predicted molar refractivity (Wildman–Crippen MR) is 124 cm³/mol. The summed E-state index contributed by atoms with van der Waals surface area (Å²) in [6.07, 6.45) is 3.14. The maximum absolute atomic E-state index is 13.2. The summed E-state index contributed by atoms with van der Waals surface area (Å²) in [5.74, 6) is -0.345. The van der Waals surface area contributed by atoms with Crippen molar-refractivity contribution in [3.63, 3.8) is 0 Å². The van der Waals surface area contributed by atoms with Gasteiger partial charge in [-0.25, -0.2) is 0 Å². The van der Waals surface area contributed by atoms with Crippen LogP contribution in [-0.4, -0.2) is 23.3 Å². The number of amides is 2. The molecule has 2 heterocycles. The van der Waals surface area contributed by atoms with E-state index in [2.05, 4.69) is 78.1 Å². The summed E-state index contributed by atoms with van der Waals surface area (Å²) in [7, 11) is 0. The van der Waals surface area contributed by atoms with Gasteiger partial charge in [0, 0.05) is 10.4 Å². The Bertz CT molecular complexity index is 1110. The van der Waals surface area contributed by atoms with E-state index >= 15 is 0 Å². The molecule has 0 aliphatic carbocycles. The number of benzene rings is 3. The molecule has 3 nitrogen and oxygen atoms in total. The highest BCUT2D eigenvalue weighted by Crippen LogP contribution is 2.74. The first-order chi connectivity index (χ1) is 14.7. The van der Waals surface area contributed by atoms with Gasteiger partial charge in [0.15, 0.2) is 0 Å². The van der Waals surface area contributed by atoms with Crippen molar-refractivity contribution >= 4 is 29.3 Å². The summed E-state index contributed by atoms with van der Waals surface area (Å²) in [5, 5.41) is 4.31. The van der Waals surface area contributed by atoms with Crippen molar-refractivity contribution < 1.29 is 9.59 Å². The number of nitrogens with one attached hydrogen (secondary N) is 1. The maximum Gasteiger partial charge on any atom is 0.254 e. The van der Waals surface area contributed by atoms with Crippen LogP contribution in [0, 0.1) is 0 Å². The lowest BCUT2D eigenvalue weighted by Gasteiger charge is -2.44. The average molecular weight is 413 g/mol. The highest BCUT2D eigenvalue weighted by atomic mass is 31.2. The molecule has 3 aromatic carbocycles. The molecule has 1 atom stereocenters. The lowest BCUT2D eigenvalue weighted by Crippen LogP contribution is -2.34. The zero-order chi connectivity index (χ0) is 20.6. The minimum atomic E-state index is -2.24. The molecular formula is C26H24NO2P. The molecule has 0 bridgehead atoms. The molecule has 0 spiro atoms. The van der Waals surface area contributed by atoms with Crippen LogP contribution in [0.2, 0.25) is 0 Å². The van der Waals surface area contributed by atoms with Crippen LogP contribution in [0.4, 0.5) is 0 Å². The SMILES string of the molecule is O=C1CC(=P2(c3ccccc3)CCCC2(c2ccccc2)c2ccccc2)C(=O)N1. The molecule has 0 saturated carbocycles. The molecule has 2 saturated heterocycles. The molecule has 5 rings (SSSR count). The first-order valence-electron chi connectivity index (χ1n) is 10.4. The number of hydrogen-bond donors (Lipinski definition) is 1. The Balaban J connectivity index is 1.97. The van der Waals surface area contributed by atoms with Gasteiger partial charge in [0.25, 0.3) is 5.91 Å². The van der Waals surface area contributed by atoms with E-state index < -0.39 is 6.89 Å². The zero-order valence-electron chi connectivity index (χ0n) is 16.8. The summed E-state index contributed by atoms with van der Waals surface area (Å²) < 4.78 is 0. The minimum absolute atomic E-state index is 0.171. The fourth-order valence-corrected chi connectivity index (χ4v) is 11.6. The highest BCUT2D eigenvalue weighted by molar-refractivity contribution is 7.86. The van der Waals surface area contributed by atoms with E-state index in [1.165, 1.54) is 16.4 Å². The van der Waals surface area contributed by atoms with Crippen LogP contribution in [0.3, 0.4) is 0 Å². The molecule has 1 unspecified atom stereocenters. The summed E-state index contributed by atoms with van der Waals surface area (Å²) in [4.78, 5) is 25.5. The fourth-order valence-electron chi connectivity index (χ4n) is 5.61. The van der Waals surface area contributed by atoms with E-state index in [0.717, 1.165) is 24.3 Å². The second-order valence-electron chi connectivity index (χ2n) is 8.07. The van der Waals surface area contributed by atoms with Crippen LogP contribution in [0.25, 0.3) is 0 Å². The van der Waals surface area contributed by atoms with Crippen molar-refractivity contribution in [2.45, 2.75) is 24.4 Å². The van der Waals surface area contributed by atoms with Crippen molar-refractivity contribution in [3.8, 4) is 0 Å². The summed E-state index contributed by atoms with van der Waals surface area (Å²) in [6.45, 7) is -2.24. The standard InChI is InChI=1S/C26H24NO2P/c28-24-19-23(25(29)27-24)30(22-15-8-3-9-16-22)18-10-17-26(30,20-11-4-1-5-12-20)21-13-6-2-7-14-21/h1-9,11-16H,10,17-19H2,(H,27,28,29). The number of imide groups is 1. The van der Waals surface area contributed by atoms with Crippen LogP contribution >= 0.6 is 6.89 Å². The van der Waals surface area contributed by atoms with E-state index in [9.17, 15) is 9.59 Å². The molecule has 2 aliphatic heterocycles. The molecule has 2 aliphatic rings. The van der Waals surface area contributed by atoms with Crippen molar-refractivity contribution in [2.24, 2.45) is 0 Å². The molecule has 0 aromatic heterocycles. The number of hydrogen-bond acceptors (Lipinski definition) is 2. The van der Waals surface area contributed by atoms with Gasteiger partial charge in [-0.1, -0.05) is 97.9 Å². The molecule has 150 valence electrons. The second-order valence-corrected chi connectivity index (χ2v) is 12.0. The Morgan fingerprint density at radius 1 is 0.733 bits per heavy atom. The van der Waals surface area contributed by atoms with Gasteiger partial charge in [-0.2, -0.15) is 0 Å². The highest BCUT2D eigenvalue weighted by Gasteiger charge is 2.54. The topological polar surface area (TPSA) is 46.2 Å². The van der Waals surface area contributed by atoms with Gasteiger partial charge in [0.2, 0.25) is 5.91 Å². The zero-order valence-corrected chi connectivity index (χ0v) is 17.6. The van der Waals surface area contributed by atoms with Gasteiger partial charge in [-0.3, -0.25) is 14.9 Å². The third-order valence-electron chi connectivity index (χ3n) is 6.69. The van der Waals surface area contributed by atoms with Crippen molar-refractivity contribution in [1.29, 1.82) is 0 Å². The van der Waals surface area contributed by atoms with Crippen LogP contribution < -0.4 is 10.6 Å². The Morgan fingerprint density at radius 2 is 1.27 bits per heavy atom. The lowest BCUT2D eigenvalue weighted by molar-refractivity contribution is -0.123. The monoisotopic (exact) mass is 413 g/mol. The second kappa shape index (κ2) is 7.41. The maximum atomic E-state index is 13.2. The molecule has 30 heavy (non-hydrogen) atoms. The Hall–Kier alpha value is -2.90. The minimum Gasteiger partial charge on any atom is -0.292 e. The summed E-state index contributed by atoms with van der Waals surface area (Å²) in [6, 6.07) is 31.7. The molecule has 2 amide bonds. The molecule has 1 N–H and O–H groups in total. The van der Waals surface area contributed by atoms with E-state index in [1.807, 2.05) is 18.2 Å². The molecule has 4 heteroatoms. The average Bonchev–Trinajstić information content (AvgIpc) is 3.36. The number of carbonyl (C=O) groups excluding carboxylic acids is 2. The first-order valence-corrected chi connectivity index (χ1v) is 12.4. The quantitative estimate of drug-likeness (QED) is 0.515. The van der Waals surface area contributed by atoms with Gasteiger partial charge < -0.3 is 0 Å². The Morgan fingerprint density at radius 3 is 1.77 bits per heavy atom. The largest absolute Gasteiger partial charge is 0.292 e. The van der Waals surface area contributed by atoms with Gasteiger partial charge in [0.1, 0.15) is 0 Å². The Kier molecular flexibility index (Phi) is 4.72. The van der Waals surface area contributed by atoms with E-state index in [-0.39, 0.29) is 23.4 Å². The summed E-state index contributed by atoms with van der Waals surface area (Å²) in [5.41, 5.74) is 2.48. The fraction of sp³-hybridized carbons (Fsp3) is 0.192. The van der Waals surface area contributed by atoms with Crippen LogP contribution in [0.1, 0.15) is 30.4 Å². The van der Waals surface area contributed by atoms with Gasteiger partial charge >= 0.3 is 0 Å². The molecular weight excluding hydrogens is 389 g/mol. The third kappa shape index (κ3) is 2.66. The van der Waals surface area contributed by atoms with Gasteiger partial charge in [0.05, 0.1) is 6.42 Å². The predicted octanol–water partition coefficient (Wildman–Crippen LogP) is 4.29. The van der Waals surface area contributed by atoms with E-state index in [0.29, 0.717) is 0 Å². The van der Waals surface area contributed by atoms with Crippen molar-refractivity contribution in [2.75, 3.05) is 6.16 Å². The van der Waals surface area contributed by atoms with Gasteiger partial charge in [-0.05, 0) is 35.4 Å². The summed E-state index contributed by atoms with van der Waals surface area (Å²) >= 11 is 0. The number of carbonyl (C=O) groups is 2. The van der Waals surface area contributed by atoms with Crippen molar-refractivity contribution in [1.82, 2.24) is 5.32 Å². The lowest BCUT2D eigenvalue weighted by atomic mass is 9.87. The van der Waals surface area contributed by atoms with Crippen LogP contribution in [0.5, 0.6) is 0 Å². The Labute approximate surface area is 177 Å². The normalized spacial score (nSPS) is 22.9. The van der Waals surface area contributed by atoms with Crippen LogP contribution in [-0.2, 0) is 14.7 Å². The molecule has 3 aromatic rings. The smallest absolute Gasteiger partial charge is 0.254 e. The van der Waals surface area contributed by atoms with Crippen molar-refractivity contribution in [3.05, 3.63) is 102 Å². The third-order valence-corrected chi connectivity index (χ3v) is 12.2.